The summed E-state index contributed by atoms with van der Waals surface area (Å²) in [6.45, 7) is 0.686. The lowest BCUT2D eigenvalue weighted by atomic mass is 10.3. The molecule has 2 rings (SSSR count). The Kier molecular flexibility index (Phi) is 3.49. The molecule has 0 spiro atoms. The fourth-order valence-corrected chi connectivity index (χ4v) is 2.17. The number of carbonyl (C=O) groups excluding carboxylic acids is 1. The number of thioether (sulfide) groups is 1. The van der Waals surface area contributed by atoms with E-state index in [2.05, 4.69) is 27.0 Å². The molecule has 1 aromatic heterocycles. The number of aromatic nitrogens is 2. The van der Waals surface area contributed by atoms with E-state index in [-0.39, 0.29) is 10.7 Å². The minimum Gasteiger partial charge on any atom is -0.349 e. The molecule has 1 aliphatic carbocycles. The van der Waals surface area contributed by atoms with E-state index in [9.17, 15) is 4.79 Å². The van der Waals surface area contributed by atoms with E-state index < -0.39 is 0 Å². The van der Waals surface area contributed by atoms with Gasteiger partial charge in [-0.15, -0.1) is 0 Å². The molecular weight excluding hydrogens is 238 g/mol. The first-order chi connectivity index (χ1) is 8.19. The Balaban J connectivity index is 1.90. The summed E-state index contributed by atoms with van der Waals surface area (Å²) in [6.07, 6.45) is 7.23. The van der Waals surface area contributed by atoms with Crippen LogP contribution in [0.1, 0.15) is 23.3 Å². The number of nitrogens with two attached hydrogens (primary N) is 1. The standard InChI is InChI=1S/C10H15N5OS/c1-17-10(2-3-10)6-14-9(16)7-4-13-8(15-11)5-12-7/h4-5H,2-3,6,11H2,1H3,(H,13,15)(H,14,16). The van der Waals surface area contributed by atoms with Crippen LogP contribution in [0.2, 0.25) is 0 Å². The third-order valence-electron chi connectivity index (χ3n) is 2.84. The van der Waals surface area contributed by atoms with Crippen LogP contribution < -0.4 is 16.6 Å². The molecule has 0 aliphatic heterocycles. The second-order valence-corrected chi connectivity index (χ2v) is 5.28. The Hall–Kier alpha value is -1.34. The van der Waals surface area contributed by atoms with Crippen LogP contribution >= 0.6 is 11.8 Å². The van der Waals surface area contributed by atoms with Crippen LogP contribution in [-0.2, 0) is 0 Å². The van der Waals surface area contributed by atoms with Crippen molar-refractivity contribution in [2.45, 2.75) is 17.6 Å². The summed E-state index contributed by atoms with van der Waals surface area (Å²) in [6, 6.07) is 0. The Bertz CT molecular complexity index is 404. The van der Waals surface area contributed by atoms with Gasteiger partial charge in [0, 0.05) is 11.3 Å². The van der Waals surface area contributed by atoms with Gasteiger partial charge in [0.1, 0.15) is 5.69 Å². The van der Waals surface area contributed by atoms with Crippen LogP contribution in [-0.4, -0.2) is 33.4 Å². The maximum absolute atomic E-state index is 11.8. The smallest absolute Gasteiger partial charge is 0.271 e. The molecule has 6 nitrogen and oxygen atoms in total. The number of hydrogen-bond acceptors (Lipinski definition) is 6. The minimum atomic E-state index is -0.193. The Labute approximate surface area is 104 Å². The Morgan fingerprint density at radius 1 is 1.53 bits per heavy atom. The highest BCUT2D eigenvalue weighted by molar-refractivity contribution is 8.00. The zero-order chi connectivity index (χ0) is 12.3. The van der Waals surface area contributed by atoms with Crippen molar-refractivity contribution < 1.29 is 4.79 Å². The average Bonchev–Trinajstić information content (AvgIpc) is 3.17. The number of nitrogens with zero attached hydrogens (tertiary/aromatic N) is 2. The number of amides is 1. The van der Waals surface area contributed by atoms with Crippen LogP contribution in [0.5, 0.6) is 0 Å². The van der Waals surface area contributed by atoms with Gasteiger partial charge in [0.2, 0.25) is 0 Å². The van der Waals surface area contributed by atoms with Crippen molar-refractivity contribution in [1.82, 2.24) is 15.3 Å². The lowest BCUT2D eigenvalue weighted by Gasteiger charge is -2.12. The second kappa shape index (κ2) is 4.89. The Morgan fingerprint density at radius 2 is 2.29 bits per heavy atom. The SMILES string of the molecule is CSC1(CNC(=O)c2cnc(NN)cn2)CC1. The molecule has 1 heterocycles. The monoisotopic (exact) mass is 253 g/mol. The number of nitrogen functional groups attached to an aromatic ring is 1. The van der Waals surface area contributed by atoms with Gasteiger partial charge in [-0.3, -0.25) is 4.79 Å². The number of anilines is 1. The second-order valence-electron chi connectivity index (χ2n) is 4.00. The molecule has 0 atom stereocenters. The summed E-state index contributed by atoms with van der Waals surface area (Å²) >= 11 is 1.80. The summed E-state index contributed by atoms with van der Waals surface area (Å²) in [5.74, 6) is 5.40. The Morgan fingerprint density at radius 3 is 2.76 bits per heavy atom. The van der Waals surface area contributed by atoms with Gasteiger partial charge in [0.05, 0.1) is 12.4 Å². The zero-order valence-corrected chi connectivity index (χ0v) is 10.4. The first-order valence-electron chi connectivity index (χ1n) is 5.31. The van der Waals surface area contributed by atoms with Gasteiger partial charge in [-0.2, -0.15) is 11.8 Å². The molecule has 1 saturated carbocycles. The van der Waals surface area contributed by atoms with Gasteiger partial charge in [-0.05, 0) is 19.1 Å². The molecule has 1 aliphatic rings. The molecular formula is C10H15N5OS. The number of nitrogens with one attached hydrogen (secondary N) is 2. The van der Waals surface area contributed by atoms with E-state index in [0.717, 1.165) is 12.8 Å². The summed E-state index contributed by atoms with van der Waals surface area (Å²) in [5, 5.41) is 2.88. The fourth-order valence-electron chi connectivity index (χ4n) is 1.44. The van der Waals surface area contributed by atoms with E-state index in [0.29, 0.717) is 18.1 Å². The van der Waals surface area contributed by atoms with Gasteiger partial charge < -0.3 is 10.7 Å². The third-order valence-corrected chi connectivity index (χ3v) is 4.26. The molecule has 1 amide bonds. The molecule has 4 N–H and O–H groups in total. The molecule has 1 fully saturated rings. The van der Waals surface area contributed by atoms with E-state index in [1.54, 1.807) is 11.8 Å². The van der Waals surface area contributed by atoms with Crippen molar-refractivity contribution in [1.29, 1.82) is 0 Å². The average molecular weight is 253 g/mol. The predicted octanol–water partition coefficient (Wildman–Crippen LogP) is 0.388. The molecule has 0 unspecified atom stereocenters. The molecule has 0 aromatic carbocycles. The molecule has 92 valence electrons. The van der Waals surface area contributed by atoms with E-state index in [1.165, 1.54) is 12.4 Å². The van der Waals surface area contributed by atoms with Crippen LogP contribution in [0.15, 0.2) is 12.4 Å². The van der Waals surface area contributed by atoms with E-state index in [1.807, 2.05) is 0 Å². The fraction of sp³-hybridized carbons (Fsp3) is 0.500. The minimum absolute atomic E-state index is 0.193. The zero-order valence-electron chi connectivity index (χ0n) is 9.56. The number of rotatable bonds is 5. The van der Waals surface area contributed by atoms with Gasteiger partial charge >= 0.3 is 0 Å². The van der Waals surface area contributed by atoms with Crippen molar-refractivity contribution in [2.24, 2.45) is 5.84 Å². The topological polar surface area (TPSA) is 92.9 Å². The van der Waals surface area contributed by atoms with Gasteiger partial charge in [0.15, 0.2) is 5.82 Å². The van der Waals surface area contributed by atoms with Crippen LogP contribution in [0.4, 0.5) is 5.82 Å². The summed E-state index contributed by atoms with van der Waals surface area (Å²) in [7, 11) is 0. The summed E-state index contributed by atoms with van der Waals surface area (Å²) in [4.78, 5) is 19.7. The van der Waals surface area contributed by atoms with Crippen LogP contribution in [0.25, 0.3) is 0 Å². The number of carbonyl (C=O) groups is 1. The molecule has 17 heavy (non-hydrogen) atoms. The van der Waals surface area contributed by atoms with Crippen molar-refractivity contribution >= 4 is 23.5 Å². The number of hydrogen-bond donors (Lipinski definition) is 3. The van der Waals surface area contributed by atoms with Crippen molar-refractivity contribution in [3.63, 3.8) is 0 Å². The van der Waals surface area contributed by atoms with Crippen LogP contribution in [0, 0.1) is 0 Å². The summed E-state index contributed by atoms with van der Waals surface area (Å²) in [5.41, 5.74) is 2.67. The lowest BCUT2D eigenvalue weighted by Crippen LogP contribution is -2.32. The highest BCUT2D eigenvalue weighted by Gasteiger charge is 2.42. The molecule has 1 aromatic rings. The molecule has 7 heteroatoms. The quantitative estimate of drug-likeness (QED) is 0.519. The summed E-state index contributed by atoms with van der Waals surface area (Å²) < 4.78 is 0.252. The van der Waals surface area contributed by atoms with Crippen LogP contribution in [0.3, 0.4) is 0 Å². The normalized spacial score (nSPS) is 16.4. The number of hydrazine groups is 1. The van der Waals surface area contributed by atoms with Crippen molar-refractivity contribution in [3.05, 3.63) is 18.1 Å². The van der Waals surface area contributed by atoms with Crippen molar-refractivity contribution in [3.8, 4) is 0 Å². The van der Waals surface area contributed by atoms with Crippen molar-refractivity contribution in [2.75, 3.05) is 18.2 Å². The predicted molar refractivity (Wildman–Crippen MR) is 67.7 cm³/mol. The first kappa shape index (κ1) is 12.1. The van der Waals surface area contributed by atoms with Gasteiger partial charge in [-0.1, -0.05) is 0 Å². The highest BCUT2D eigenvalue weighted by atomic mass is 32.2. The molecule has 0 bridgehead atoms. The maximum atomic E-state index is 11.8. The lowest BCUT2D eigenvalue weighted by molar-refractivity contribution is 0.0947. The van der Waals surface area contributed by atoms with E-state index in [4.69, 9.17) is 5.84 Å². The third kappa shape index (κ3) is 2.86. The molecule has 0 saturated heterocycles. The van der Waals surface area contributed by atoms with E-state index >= 15 is 0 Å². The first-order valence-corrected chi connectivity index (χ1v) is 6.54. The molecule has 0 radical (unpaired) electrons. The van der Waals surface area contributed by atoms with Gasteiger partial charge in [0.25, 0.3) is 5.91 Å². The largest absolute Gasteiger partial charge is 0.349 e. The maximum Gasteiger partial charge on any atom is 0.271 e. The highest BCUT2D eigenvalue weighted by Crippen LogP contribution is 2.46. The van der Waals surface area contributed by atoms with Gasteiger partial charge in [-0.25, -0.2) is 15.8 Å².